The van der Waals surface area contributed by atoms with Crippen molar-refractivity contribution in [2.45, 2.75) is 31.8 Å². The minimum absolute atomic E-state index is 0.100. The van der Waals surface area contributed by atoms with Crippen LogP contribution in [0, 0.1) is 17.8 Å². The van der Waals surface area contributed by atoms with E-state index < -0.39 is 17.4 Å². The maximum Gasteiger partial charge on any atom is 0.250 e. The summed E-state index contributed by atoms with van der Waals surface area (Å²) in [6.45, 7) is 4.38. The van der Waals surface area contributed by atoms with Crippen LogP contribution in [-0.2, 0) is 26.3 Å². The highest BCUT2D eigenvalue weighted by molar-refractivity contribution is 6.15. The van der Waals surface area contributed by atoms with Crippen LogP contribution >= 0.6 is 0 Å². The molecule has 0 aliphatic carbocycles. The Morgan fingerprint density at radius 2 is 1.67 bits per heavy atom. The molecule has 6 heteroatoms. The SMILES string of the molecule is CC(C)C1NC2(C(=O)Nc3ccccc32)C2C(=O)N(CCc3ccccc3)C(=O)C12. The van der Waals surface area contributed by atoms with Crippen LogP contribution in [0.15, 0.2) is 54.6 Å². The fourth-order valence-electron chi connectivity index (χ4n) is 5.43. The summed E-state index contributed by atoms with van der Waals surface area (Å²) in [5.74, 6) is -1.82. The molecule has 3 aliphatic heterocycles. The second kappa shape index (κ2) is 6.77. The molecule has 30 heavy (non-hydrogen) atoms. The molecule has 3 heterocycles. The zero-order chi connectivity index (χ0) is 21.0. The van der Waals surface area contributed by atoms with Crippen molar-refractivity contribution in [3.8, 4) is 0 Å². The first kappa shape index (κ1) is 19.0. The molecule has 4 atom stereocenters. The number of carbonyl (C=O) groups excluding carboxylic acids is 3. The number of likely N-dealkylation sites (tertiary alicyclic amines) is 1. The number of nitrogens with one attached hydrogen (secondary N) is 2. The Bertz CT molecular complexity index is 1040. The van der Waals surface area contributed by atoms with E-state index in [0.29, 0.717) is 18.7 Å². The molecule has 6 nitrogen and oxygen atoms in total. The highest BCUT2D eigenvalue weighted by Crippen LogP contribution is 2.53. The molecule has 3 aliphatic rings. The van der Waals surface area contributed by atoms with Gasteiger partial charge in [-0.05, 0) is 24.0 Å². The summed E-state index contributed by atoms with van der Waals surface area (Å²) in [5, 5.41) is 6.38. The molecule has 2 N–H and O–H groups in total. The topological polar surface area (TPSA) is 78.5 Å². The monoisotopic (exact) mass is 403 g/mol. The molecule has 1 spiro atoms. The van der Waals surface area contributed by atoms with Gasteiger partial charge in [0.2, 0.25) is 17.7 Å². The molecule has 0 radical (unpaired) electrons. The van der Waals surface area contributed by atoms with Gasteiger partial charge in [0.25, 0.3) is 0 Å². The van der Waals surface area contributed by atoms with Crippen LogP contribution in [-0.4, -0.2) is 35.2 Å². The number of para-hydroxylation sites is 1. The Balaban J connectivity index is 1.54. The highest BCUT2D eigenvalue weighted by Gasteiger charge is 2.70. The fourth-order valence-corrected chi connectivity index (χ4v) is 5.43. The van der Waals surface area contributed by atoms with Crippen LogP contribution in [0.25, 0.3) is 0 Å². The number of fused-ring (bicyclic) bond motifs is 4. The summed E-state index contributed by atoms with van der Waals surface area (Å²) in [6, 6.07) is 17.0. The van der Waals surface area contributed by atoms with Crippen molar-refractivity contribution in [1.82, 2.24) is 10.2 Å². The Kier molecular flexibility index (Phi) is 4.29. The number of rotatable bonds is 4. The van der Waals surface area contributed by atoms with Crippen molar-refractivity contribution in [1.29, 1.82) is 0 Å². The number of nitrogens with zero attached hydrogens (tertiary/aromatic N) is 1. The Hall–Kier alpha value is -2.99. The Labute approximate surface area is 175 Å². The smallest absolute Gasteiger partial charge is 0.250 e. The summed E-state index contributed by atoms with van der Waals surface area (Å²) >= 11 is 0. The average Bonchev–Trinajstić information content (AvgIpc) is 3.33. The minimum atomic E-state index is -1.19. The van der Waals surface area contributed by atoms with E-state index in [0.717, 1.165) is 11.1 Å². The molecule has 3 amide bonds. The third-order valence-corrected chi connectivity index (χ3v) is 6.83. The van der Waals surface area contributed by atoms with Crippen LogP contribution in [0.3, 0.4) is 0 Å². The van der Waals surface area contributed by atoms with Crippen LogP contribution in [0.4, 0.5) is 5.69 Å². The Morgan fingerprint density at radius 3 is 2.40 bits per heavy atom. The molecule has 4 unspecified atom stereocenters. The van der Waals surface area contributed by atoms with E-state index in [4.69, 9.17) is 0 Å². The number of imide groups is 1. The van der Waals surface area contributed by atoms with Gasteiger partial charge >= 0.3 is 0 Å². The lowest BCUT2D eigenvalue weighted by atomic mass is 9.76. The van der Waals surface area contributed by atoms with Crippen molar-refractivity contribution in [3.05, 3.63) is 65.7 Å². The van der Waals surface area contributed by atoms with Crippen molar-refractivity contribution < 1.29 is 14.4 Å². The standard InChI is InChI=1S/C24H25N3O3/c1-14(2)20-18-19(24(26-20)16-10-6-7-11-17(16)25-23(24)30)22(29)27(21(18)28)13-12-15-8-4-3-5-9-15/h3-11,14,18-20,26H,12-13H2,1-2H3,(H,25,30). The molecule has 2 aromatic carbocycles. The van der Waals surface area contributed by atoms with Gasteiger partial charge in [-0.2, -0.15) is 0 Å². The lowest BCUT2D eigenvalue weighted by molar-refractivity contribution is -0.142. The molecule has 2 fully saturated rings. The number of carbonyl (C=O) groups is 3. The molecular weight excluding hydrogens is 378 g/mol. The quantitative estimate of drug-likeness (QED) is 0.768. The lowest BCUT2D eigenvalue weighted by Crippen LogP contribution is -2.54. The highest BCUT2D eigenvalue weighted by atomic mass is 16.2. The zero-order valence-electron chi connectivity index (χ0n) is 17.1. The van der Waals surface area contributed by atoms with Gasteiger partial charge in [0, 0.05) is 23.8 Å². The number of anilines is 1. The maximum atomic E-state index is 13.6. The van der Waals surface area contributed by atoms with E-state index in [9.17, 15) is 14.4 Å². The van der Waals surface area contributed by atoms with Gasteiger partial charge in [-0.15, -0.1) is 0 Å². The first-order valence-corrected chi connectivity index (χ1v) is 10.5. The van der Waals surface area contributed by atoms with Crippen molar-refractivity contribution in [2.24, 2.45) is 17.8 Å². The van der Waals surface area contributed by atoms with Crippen molar-refractivity contribution in [2.75, 3.05) is 11.9 Å². The first-order valence-electron chi connectivity index (χ1n) is 10.5. The molecule has 5 rings (SSSR count). The minimum Gasteiger partial charge on any atom is -0.324 e. The molecular formula is C24H25N3O3. The van der Waals surface area contributed by atoms with E-state index in [1.54, 1.807) is 0 Å². The summed E-state index contributed by atoms with van der Waals surface area (Å²) in [7, 11) is 0. The van der Waals surface area contributed by atoms with Crippen LogP contribution in [0.2, 0.25) is 0 Å². The van der Waals surface area contributed by atoms with Crippen LogP contribution in [0.5, 0.6) is 0 Å². The fraction of sp³-hybridized carbons (Fsp3) is 0.375. The molecule has 154 valence electrons. The van der Waals surface area contributed by atoms with Gasteiger partial charge in [-0.3, -0.25) is 24.6 Å². The van der Waals surface area contributed by atoms with Gasteiger partial charge in [-0.25, -0.2) is 0 Å². The predicted octanol–water partition coefficient (Wildman–Crippen LogP) is 2.31. The second-order valence-corrected chi connectivity index (χ2v) is 8.79. The van der Waals surface area contributed by atoms with Gasteiger partial charge in [0.05, 0.1) is 11.8 Å². The Morgan fingerprint density at radius 1 is 0.967 bits per heavy atom. The van der Waals surface area contributed by atoms with Crippen LogP contribution in [0.1, 0.15) is 25.0 Å². The number of hydrogen-bond acceptors (Lipinski definition) is 4. The summed E-state index contributed by atoms with van der Waals surface area (Å²) < 4.78 is 0. The van der Waals surface area contributed by atoms with Gasteiger partial charge in [0.15, 0.2) is 0 Å². The normalized spacial score (nSPS) is 29.6. The third-order valence-electron chi connectivity index (χ3n) is 6.83. The lowest BCUT2D eigenvalue weighted by Gasteiger charge is -2.30. The molecule has 0 aromatic heterocycles. The van der Waals surface area contributed by atoms with Gasteiger partial charge in [-0.1, -0.05) is 62.4 Å². The van der Waals surface area contributed by atoms with E-state index in [2.05, 4.69) is 10.6 Å². The van der Waals surface area contributed by atoms with Gasteiger partial charge < -0.3 is 5.32 Å². The number of amides is 3. The van der Waals surface area contributed by atoms with E-state index in [1.165, 1.54) is 4.90 Å². The van der Waals surface area contributed by atoms with Crippen molar-refractivity contribution in [3.63, 3.8) is 0 Å². The van der Waals surface area contributed by atoms with Gasteiger partial charge in [0.1, 0.15) is 5.54 Å². The zero-order valence-corrected chi connectivity index (χ0v) is 17.1. The van der Waals surface area contributed by atoms with E-state index in [-0.39, 0.29) is 29.7 Å². The maximum absolute atomic E-state index is 13.6. The van der Waals surface area contributed by atoms with E-state index in [1.807, 2.05) is 68.4 Å². The van der Waals surface area contributed by atoms with Crippen LogP contribution < -0.4 is 10.6 Å². The summed E-state index contributed by atoms with van der Waals surface area (Å²) in [6.07, 6.45) is 0.604. The number of hydrogen-bond donors (Lipinski definition) is 2. The summed E-state index contributed by atoms with van der Waals surface area (Å²) in [5.41, 5.74) is 1.36. The van der Waals surface area contributed by atoms with Crippen molar-refractivity contribution >= 4 is 23.4 Å². The molecule has 0 saturated carbocycles. The molecule has 2 saturated heterocycles. The second-order valence-electron chi connectivity index (χ2n) is 8.79. The summed E-state index contributed by atoms with van der Waals surface area (Å²) in [4.78, 5) is 41.6. The average molecular weight is 403 g/mol. The largest absolute Gasteiger partial charge is 0.324 e. The predicted molar refractivity (Wildman–Crippen MR) is 112 cm³/mol. The third kappa shape index (κ3) is 2.50. The molecule has 2 aromatic rings. The molecule has 0 bridgehead atoms. The number of benzene rings is 2. The van der Waals surface area contributed by atoms with E-state index >= 15 is 0 Å². The first-order chi connectivity index (χ1) is 14.4.